The van der Waals surface area contributed by atoms with Crippen LogP contribution in [0.5, 0.6) is 0 Å². The molecule has 20 heavy (non-hydrogen) atoms. The van der Waals surface area contributed by atoms with Crippen LogP contribution in [0, 0.1) is 6.42 Å². The van der Waals surface area contributed by atoms with Crippen molar-refractivity contribution < 1.29 is 0 Å². The third-order valence-electron chi connectivity index (χ3n) is 5.30. The average Bonchev–Trinajstić information content (AvgIpc) is 2.49. The first-order chi connectivity index (χ1) is 9.92. The molecule has 109 valence electrons. The summed E-state index contributed by atoms with van der Waals surface area (Å²) in [5.74, 6) is 0. The normalized spacial score (nSPS) is 24.8. The maximum absolute atomic E-state index is 2.81. The SMILES string of the molecule is [CH]1CCN(C2(c3ccccc3)CCCCCCC2)CC1. The minimum Gasteiger partial charge on any atom is -0.294 e. The van der Waals surface area contributed by atoms with Gasteiger partial charge in [-0.2, -0.15) is 0 Å². The van der Waals surface area contributed by atoms with Crippen LogP contribution in [0.1, 0.15) is 63.4 Å². The fourth-order valence-corrected chi connectivity index (χ4v) is 4.20. The molecule has 1 nitrogen and oxygen atoms in total. The second-order valence-corrected chi connectivity index (χ2v) is 6.52. The highest BCUT2D eigenvalue weighted by atomic mass is 15.2. The molecule has 0 N–H and O–H groups in total. The monoisotopic (exact) mass is 270 g/mol. The van der Waals surface area contributed by atoms with Crippen LogP contribution in [0.4, 0.5) is 0 Å². The molecule has 1 heteroatoms. The fourth-order valence-electron chi connectivity index (χ4n) is 4.20. The molecule has 1 saturated heterocycles. The third-order valence-corrected chi connectivity index (χ3v) is 5.30. The molecule has 1 heterocycles. The Labute approximate surface area is 124 Å². The van der Waals surface area contributed by atoms with Crippen molar-refractivity contribution in [2.75, 3.05) is 13.1 Å². The molecule has 0 unspecified atom stereocenters. The summed E-state index contributed by atoms with van der Waals surface area (Å²) in [5, 5.41) is 0. The van der Waals surface area contributed by atoms with Gasteiger partial charge in [-0.15, -0.1) is 0 Å². The number of nitrogens with zero attached hydrogens (tertiary/aromatic N) is 1. The van der Waals surface area contributed by atoms with Crippen molar-refractivity contribution >= 4 is 0 Å². The van der Waals surface area contributed by atoms with Crippen LogP contribution in [-0.2, 0) is 5.54 Å². The molecule has 0 amide bonds. The van der Waals surface area contributed by atoms with Crippen molar-refractivity contribution in [3.63, 3.8) is 0 Å². The van der Waals surface area contributed by atoms with E-state index in [1.54, 1.807) is 5.56 Å². The van der Waals surface area contributed by atoms with E-state index >= 15 is 0 Å². The van der Waals surface area contributed by atoms with Crippen LogP contribution in [-0.4, -0.2) is 18.0 Å². The second kappa shape index (κ2) is 6.76. The van der Waals surface area contributed by atoms with Gasteiger partial charge in [0.25, 0.3) is 0 Å². The van der Waals surface area contributed by atoms with Crippen molar-refractivity contribution in [3.05, 3.63) is 42.3 Å². The van der Waals surface area contributed by atoms with Gasteiger partial charge < -0.3 is 0 Å². The van der Waals surface area contributed by atoms with Gasteiger partial charge in [0, 0.05) is 5.54 Å². The van der Waals surface area contributed by atoms with E-state index in [0.29, 0.717) is 5.54 Å². The predicted octanol–water partition coefficient (Wildman–Crippen LogP) is 4.93. The first-order valence-corrected chi connectivity index (χ1v) is 8.54. The van der Waals surface area contributed by atoms with E-state index in [2.05, 4.69) is 41.7 Å². The summed E-state index contributed by atoms with van der Waals surface area (Å²) < 4.78 is 0. The highest BCUT2D eigenvalue weighted by Gasteiger charge is 2.38. The topological polar surface area (TPSA) is 3.24 Å². The molecule has 1 aliphatic heterocycles. The predicted molar refractivity (Wildman–Crippen MR) is 85.5 cm³/mol. The number of rotatable bonds is 2. The lowest BCUT2D eigenvalue weighted by Crippen LogP contribution is -2.49. The van der Waals surface area contributed by atoms with Crippen LogP contribution in [0.15, 0.2) is 30.3 Å². The van der Waals surface area contributed by atoms with E-state index < -0.39 is 0 Å². The van der Waals surface area contributed by atoms with Crippen LogP contribution in [0.2, 0.25) is 0 Å². The molecular weight excluding hydrogens is 242 g/mol. The summed E-state index contributed by atoms with van der Waals surface area (Å²) in [6.45, 7) is 2.52. The van der Waals surface area contributed by atoms with Crippen LogP contribution in [0.25, 0.3) is 0 Å². The Morgan fingerprint density at radius 1 is 0.750 bits per heavy atom. The molecule has 1 radical (unpaired) electrons. The highest BCUT2D eigenvalue weighted by molar-refractivity contribution is 5.25. The summed E-state index contributed by atoms with van der Waals surface area (Å²) in [6, 6.07) is 11.4. The Morgan fingerprint density at radius 3 is 2.00 bits per heavy atom. The van der Waals surface area contributed by atoms with Gasteiger partial charge in [-0.05, 0) is 50.8 Å². The van der Waals surface area contributed by atoms with E-state index in [0.717, 1.165) is 0 Å². The van der Waals surface area contributed by atoms with Crippen molar-refractivity contribution in [1.29, 1.82) is 0 Å². The molecule has 3 rings (SSSR count). The van der Waals surface area contributed by atoms with Gasteiger partial charge in [0.1, 0.15) is 0 Å². The van der Waals surface area contributed by atoms with Gasteiger partial charge in [0.2, 0.25) is 0 Å². The number of piperidine rings is 1. The second-order valence-electron chi connectivity index (χ2n) is 6.52. The largest absolute Gasteiger partial charge is 0.294 e. The molecule has 1 aromatic carbocycles. The summed E-state index contributed by atoms with van der Waals surface area (Å²) in [7, 11) is 0. The molecule has 0 aromatic heterocycles. The van der Waals surface area contributed by atoms with Crippen molar-refractivity contribution in [2.24, 2.45) is 0 Å². The van der Waals surface area contributed by atoms with Crippen molar-refractivity contribution in [1.82, 2.24) is 4.90 Å². The Morgan fingerprint density at radius 2 is 1.35 bits per heavy atom. The number of likely N-dealkylation sites (tertiary alicyclic amines) is 1. The Bertz CT molecular complexity index is 383. The van der Waals surface area contributed by atoms with Crippen molar-refractivity contribution in [2.45, 2.75) is 63.3 Å². The zero-order valence-electron chi connectivity index (χ0n) is 12.7. The third kappa shape index (κ3) is 2.93. The standard InChI is InChI=1S/C19H28N/c1-2-8-14-19(15-9-3-1,18-12-6-4-7-13-18)20-16-10-5-11-17-20/h4-7,12-13H,1-3,8-11,14-17H2. The summed E-state index contributed by atoms with van der Waals surface area (Å²) in [4.78, 5) is 2.81. The minimum atomic E-state index is 0.329. The molecule has 0 spiro atoms. The van der Waals surface area contributed by atoms with E-state index in [4.69, 9.17) is 0 Å². The fraction of sp³-hybridized carbons (Fsp3) is 0.632. The smallest absolute Gasteiger partial charge is 0.0460 e. The summed E-state index contributed by atoms with van der Waals surface area (Å²) in [6.07, 6.45) is 14.8. The zero-order chi connectivity index (χ0) is 13.7. The lowest BCUT2D eigenvalue weighted by molar-refractivity contribution is 0.0482. The average molecular weight is 270 g/mol. The maximum atomic E-state index is 2.81. The number of benzene rings is 1. The van der Waals surface area contributed by atoms with Gasteiger partial charge in [-0.25, -0.2) is 0 Å². The summed E-state index contributed by atoms with van der Waals surface area (Å²) in [5.41, 5.74) is 1.90. The van der Waals surface area contributed by atoms with Gasteiger partial charge >= 0.3 is 0 Å². The Hall–Kier alpha value is -0.820. The van der Waals surface area contributed by atoms with Gasteiger partial charge in [0.05, 0.1) is 0 Å². The maximum Gasteiger partial charge on any atom is 0.0460 e. The van der Waals surface area contributed by atoms with Crippen LogP contribution < -0.4 is 0 Å². The van der Waals surface area contributed by atoms with E-state index in [1.807, 2.05) is 0 Å². The van der Waals surface area contributed by atoms with Crippen LogP contribution >= 0.6 is 0 Å². The number of hydrogen-bond donors (Lipinski definition) is 0. The van der Waals surface area contributed by atoms with Crippen LogP contribution in [0.3, 0.4) is 0 Å². The molecule has 2 fully saturated rings. The molecule has 0 atom stereocenters. The van der Waals surface area contributed by atoms with Crippen molar-refractivity contribution in [3.8, 4) is 0 Å². The molecule has 1 aliphatic carbocycles. The molecule has 1 saturated carbocycles. The molecule has 2 aliphatic rings. The number of hydrogen-bond acceptors (Lipinski definition) is 1. The molecule has 0 bridgehead atoms. The Kier molecular flexibility index (Phi) is 4.77. The van der Waals surface area contributed by atoms with E-state index in [1.165, 1.54) is 70.9 Å². The highest BCUT2D eigenvalue weighted by Crippen LogP contribution is 2.41. The van der Waals surface area contributed by atoms with Gasteiger partial charge in [-0.1, -0.05) is 62.4 Å². The molecular formula is C19H28N. The first kappa shape index (κ1) is 14.1. The Balaban J connectivity index is 1.91. The minimum absolute atomic E-state index is 0.329. The van der Waals surface area contributed by atoms with E-state index in [9.17, 15) is 0 Å². The zero-order valence-corrected chi connectivity index (χ0v) is 12.7. The van der Waals surface area contributed by atoms with Gasteiger partial charge in [0.15, 0.2) is 0 Å². The first-order valence-electron chi connectivity index (χ1n) is 8.54. The van der Waals surface area contributed by atoms with Gasteiger partial charge in [-0.3, -0.25) is 4.90 Å². The summed E-state index contributed by atoms with van der Waals surface area (Å²) >= 11 is 0. The lowest BCUT2D eigenvalue weighted by Gasteiger charge is -2.47. The molecule has 1 aromatic rings. The quantitative estimate of drug-likeness (QED) is 0.737. The lowest BCUT2D eigenvalue weighted by atomic mass is 9.76. The van der Waals surface area contributed by atoms with E-state index in [-0.39, 0.29) is 0 Å².